The molecule has 114 valence electrons. The molecule has 0 saturated heterocycles. The Balaban J connectivity index is 2.79. The zero-order chi connectivity index (χ0) is 15.0. The van der Waals surface area contributed by atoms with Gasteiger partial charge in [-0.1, -0.05) is 19.9 Å². The normalized spacial score (nSPS) is 11.1. The van der Waals surface area contributed by atoms with Gasteiger partial charge < -0.3 is 15.1 Å². The zero-order valence-corrected chi connectivity index (χ0v) is 14.8. The molecule has 3 nitrogen and oxygen atoms in total. The summed E-state index contributed by atoms with van der Waals surface area (Å²) in [5, 5.41) is 3.36. The summed E-state index contributed by atoms with van der Waals surface area (Å²) in [6.45, 7) is 9.53. The number of benzene rings is 1. The average Bonchev–Trinajstić information content (AvgIpc) is 2.41. The lowest BCUT2D eigenvalue weighted by Crippen LogP contribution is -2.32. The highest BCUT2D eigenvalue weighted by Crippen LogP contribution is 2.27. The first-order chi connectivity index (χ1) is 9.58. The summed E-state index contributed by atoms with van der Waals surface area (Å²) in [4.78, 5) is 4.69. The molecule has 0 aliphatic rings. The highest BCUT2D eigenvalue weighted by Gasteiger charge is 2.10. The average molecular weight is 342 g/mol. The fourth-order valence-electron chi connectivity index (χ4n) is 2.13. The molecule has 0 amide bonds. The van der Waals surface area contributed by atoms with Crippen LogP contribution in [0.1, 0.15) is 25.8 Å². The van der Waals surface area contributed by atoms with Crippen molar-refractivity contribution < 1.29 is 0 Å². The van der Waals surface area contributed by atoms with Gasteiger partial charge in [-0.2, -0.15) is 0 Å². The fourth-order valence-corrected chi connectivity index (χ4v) is 2.81. The highest BCUT2D eigenvalue weighted by atomic mass is 79.9. The van der Waals surface area contributed by atoms with Gasteiger partial charge in [0.2, 0.25) is 0 Å². The molecular weight excluding hydrogens is 314 g/mol. The number of hydrogen-bond acceptors (Lipinski definition) is 3. The third kappa shape index (κ3) is 5.81. The van der Waals surface area contributed by atoms with Gasteiger partial charge in [0.05, 0.1) is 5.69 Å². The van der Waals surface area contributed by atoms with Crippen LogP contribution in [-0.2, 0) is 6.54 Å². The SMILES string of the molecule is CCCN(CCN(C)C)c1ccc(CNCC)cc1Br. The monoisotopic (exact) mass is 341 g/mol. The van der Waals surface area contributed by atoms with Gasteiger partial charge in [-0.05, 0) is 60.7 Å². The molecule has 0 fully saturated rings. The van der Waals surface area contributed by atoms with Crippen molar-refractivity contribution in [2.24, 2.45) is 0 Å². The lowest BCUT2D eigenvalue weighted by molar-refractivity contribution is 0.413. The van der Waals surface area contributed by atoms with Gasteiger partial charge in [0.1, 0.15) is 0 Å². The highest BCUT2D eigenvalue weighted by molar-refractivity contribution is 9.10. The minimum absolute atomic E-state index is 0.931. The molecule has 1 N–H and O–H groups in total. The second-order valence-electron chi connectivity index (χ2n) is 5.36. The maximum atomic E-state index is 3.73. The minimum Gasteiger partial charge on any atom is -0.369 e. The van der Waals surface area contributed by atoms with Crippen LogP contribution in [0.5, 0.6) is 0 Å². The summed E-state index contributed by atoms with van der Waals surface area (Å²) in [6.07, 6.45) is 1.17. The van der Waals surface area contributed by atoms with Gasteiger partial charge in [0.15, 0.2) is 0 Å². The summed E-state index contributed by atoms with van der Waals surface area (Å²) in [7, 11) is 4.25. The van der Waals surface area contributed by atoms with Crippen molar-refractivity contribution in [2.75, 3.05) is 45.2 Å². The van der Waals surface area contributed by atoms with Gasteiger partial charge in [0.25, 0.3) is 0 Å². The maximum Gasteiger partial charge on any atom is 0.0511 e. The lowest BCUT2D eigenvalue weighted by atomic mass is 10.2. The second kappa shape index (κ2) is 9.37. The van der Waals surface area contributed by atoms with Crippen molar-refractivity contribution in [1.29, 1.82) is 0 Å². The second-order valence-corrected chi connectivity index (χ2v) is 6.21. The molecule has 0 heterocycles. The number of likely N-dealkylation sites (N-methyl/N-ethyl adjacent to an activating group) is 1. The van der Waals surface area contributed by atoms with Crippen molar-refractivity contribution in [3.05, 3.63) is 28.2 Å². The van der Waals surface area contributed by atoms with Crippen molar-refractivity contribution in [3.8, 4) is 0 Å². The van der Waals surface area contributed by atoms with E-state index in [9.17, 15) is 0 Å². The summed E-state index contributed by atoms with van der Waals surface area (Å²) < 4.78 is 1.19. The Morgan fingerprint density at radius 1 is 1.10 bits per heavy atom. The van der Waals surface area contributed by atoms with Crippen molar-refractivity contribution >= 4 is 21.6 Å². The zero-order valence-electron chi connectivity index (χ0n) is 13.2. The van der Waals surface area contributed by atoms with Gasteiger partial charge >= 0.3 is 0 Å². The fraction of sp³-hybridized carbons (Fsp3) is 0.625. The van der Waals surface area contributed by atoms with E-state index in [4.69, 9.17) is 0 Å². The Labute approximate surface area is 132 Å². The number of halogens is 1. The van der Waals surface area contributed by atoms with Crippen LogP contribution < -0.4 is 10.2 Å². The molecule has 1 aromatic carbocycles. The van der Waals surface area contributed by atoms with E-state index in [1.54, 1.807) is 0 Å². The van der Waals surface area contributed by atoms with Crippen molar-refractivity contribution in [1.82, 2.24) is 10.2 Å². The van der Waals surface area contributed by atoms with Crippen LogP contribution in [0, 0.1) is 0 Å². The number of nitrogens with zero attached hydrogens (tertiary/aromatic N) is 2. The van der Waals surface area contributed by atoms with Crippen molar-refractivity contribution in [2.45, 2.75) is 26.8 Å². The van der Waals surface area contributed by atoms with E-state index >= 15 is 0 Å². The molecule has 4 heteroatoms. The summed E-state index contributed by atoms with van der Waals surface area (Å²) >= 11 is 3.73. The predicted octanol–water partition coefficient (Wildman–Crippen LogP) is 3.34. The van der Waals surface area contributed by atoms with Gasteiger partial charge in [-0.3, -0.25) is 0 Å². The van der Waals surface area contributed by atoms with E-state index in [0.29, 0.717) is 0 Å². The number of rotatable bonds is 9. The quantitative estimate of drug-likeness (QED) is 0.743. The Hall–Kier alpha value is -0.580. The van der Waals surface area contributed by atoms with Crippen LogP contribution in [0.25, 0.3) is 0 Å². The van der Waals surface area contributed by atoms with Crippen LogP contribution in [0.4, 0.5) is 5.69 Å². The first-order valence-electron chi connectivity index (χ1n) is 7.47. The van der Waals surface area contributed by atoms with Gasteiger partial charge in [-0.25, -0.2) is 0 Å². The van der Waals surface area contributed by atoms with E-state index in [-0.39, 0.29) is 0 Å². The molecule has 0 aromatic heterocycles. The largest absolute Gasteiger partial charge is 0.369 e. The summed E-state index contributed by atoms with van der Waals surface area (Å²) in [6, 6.07) is 6.69. The lowest BCUT2D eigenvalue weighted by Gasteiger charge is -2.27. The van der Waals surface area contributed by atoms with E-state index < -0.39 is 0 Å². The molecular formula is C16H28BrN3. The van der Waals surface area contributed by atoms with E-state index in [0.717, 1.165) is 32.7 Å². The Bertz CT molecular complexity index is 393. The predicted molar refractivity (Wildman–Crippen MR) is 92.6 cm³/mol. The molecule has 0 bridgehead atoms. The van der Waals surface area contributed by atoms with Gasteiger partial charge in [0, 0.05) is 30.7 Å². The third-order valence-electron chi connectivity index (χ3n) is 3.24. The Morgan fingerprint density at radius 2 is 1.85 bits per heavy atom. The first-order valence-corrected chi connectivity index (χ1v) is 8.26. The van der Waals surface area contributed by atoms with E-state index in [1.165, 1.54) is 22.1 Å². The number of hydrogen-bond donors (Lipinski definition) is 1. The molecule has 1 rings (SSSR count). The molecule has 0 radical (unpaired) electrons. The molecule has 0 saturated carbocycles. The van der Waals surface area contributed by atoms with Crippen LogP contribution in [0.3, 0.4) is 0 Å². The summed E-state index contributed by atoms with van der Waals surface area (Å²) in [5.74, 6) is 0. The maximum absolute atomic E-state index is 3.73. The molecule has 0 atom stereocenters. The minimum atomic E-state index is 0.931. The standard InChI is InChI=1S/C16H28BrN3/c1-5-9-20(11-10-19(3)4)16-8-7-14(12-15(16)17)13-18-6-2/h7-8,12,18H,5-6,9-11,13H2,1-4H3. The number of anilines is 1. The van der Waals surface area contributed by atoms with Crippen LogP contribution in [0.15, 0.2) is 22.7 Å². The third-order valence-corrected chi connectivity index (χ3v) is 3.88. The molecule has 0 spiro atoms. The number of nitrogens with one attached hydrogen (secondary N) is 1. The Morgan fingerprint density at radius 3 is 2.40 bits per heavy atom. The molecule has 0 unspecified atom stereocenters. The Kier molecular flexibility index (Phi) is 8.19. The van der Waals surface area contributed by atoms with Gasteiger partial charge in [-0.15, -0.1) is 0 Å². The molecule has 20 heavy (non-hydrogen) atoms. The molecule has 0 aliphatic heterocycles. The first kappa shape index (κ1) is 17.5. The molecule has 1 aromatic rings. The van der Waals surface area contributed by atoms with Crippen molar-refractivity contribution in [3.63, 3.8) is 0 Å². The van der Waals surface area contributed by atoms with E-state index in [1.807, 2.05) is 0 Å². The van der Waals surface area contributed by atoms with Crippen LogP contribution in [-0.4, -0.2) is 45.2 Å². The smallest absolute Gasteiger partial charge is 0.0511 e. The molecule has 0 aliphatic carbocycles. The van der Waals surface area contributed by atoms with E-state index in [2.05, 4.69) is 77.2 Å². The van der Waals surface area contributed by atoms with Crippen LogP contribution >= 0.6 is 15.9 Å². The topological polar surface area (TPSA) is 18.5 Å². The van der Waals surface area contributed by atoms with Crippen LogP contribution in [0.2, 0.25) is 0 Å². The summed E-state index contributed by atoms with van der Waals surface area (Å²) in [5.41, 5.74) is 2.63.